The van der Waals surface area contributed by atoms with Crippen LogP contribution in [0.1, 0.15) is 33.8 Å². The molecule has 2 aromatic carbocycles. The topological polar surface area (TPSA) is 78.9 Å². The molecule has 1 atom stereocenters. The van der Waals surface area contributed by atoms with Crippen molar-refractivity contribution in [3.63, 3.8) is 0 Å². The standard InChI is InChI=1S/C21H24N2O4/c1-14-4-3-5-15(10-14)16-8-9-23(12-16)17-6-7-19(18(11-17)21(25)26)22-20(24)13-27-2/h3-7,10-11,16H,8-9,12-13H2,1-2H3,(H,22,24)(H,25,26). The molecule has 0 saturated carbocycles. The van der Waals surface area contributed by atoms with E-state index in [4.69, 9.17) is 4.74 Å². The van der Waals surface area contributed by atoms with Gasteiger partial charge in [0.25, 0.3) is 0 Å². The largest absolute Gasteiger partial charge is 0.478 e. The van der Waals surface area contributed by atoms with Crippen LogP contribution in [0.25, 0.3) is 0 Å². The second-order valence-corrected chi connectivity index (χ2v) is 6.86. The lowest BCUT2D eigenvalue weighted by Gasteiger charge is -2.20. The minimum Gasteiger partial charge on any atom is -0.478 e. The lowest BCUT2D eigenvalue weighted by atomic mass is 9.97. The highest BCUT2D eigenvalue weighted by Crippen LogP contribution is 2.32. The maximum Gasteiger partial charge on any atom is 0.337 e. The number of anilines is 2. The fourth-order valence-electron chi connectivity index (χ4n) is 3.52. The van der Waals surface area contributed by atoms with Crippen LogP contribution in [0.4, 0.5) is 11.4 Å². The summed E-state index contributed by atoms with van der Waals surface area (Å²) in [5, 5.41) is 12.1. The molecule has 1 saturated heterocycles. The summed E-state index contributed by atoms with van der Waals surface area (Å²) in [6.07, 6.45) is 1.03. The first-order chi connectivity index (χ1) is 13.0. The van der Waals surface area contributed by atoms with Gasteiger partial charge in [-0.1, -0.05) is 29.8 Å². The second kappa shape index (κ2) is 8.22. The lowest BCUT2D eigenvalue weighted by molar-refractivity contribution is -0.119. The summed E-state index contributed by atoms with van der Waals surface area (Å²) in [5.41, 5.74) is 3.78. The third-order valence-corrected chi connectivity index (χ3v) is 4.85. The summed E-state index contributed by atoms with van der Waals surface area (Å²) >= 11 is 0. The fourth-order valence-corrected chi connectivity index (χ4v) is 3.52. The zero-order valence-corrected chi connectivity index (χ0v) is 15.6. The first-order valence-electron chi connectivity index (χ1n) is 8.95. The van der Waals surface area contributed by atoms with Crippen molar-refractivity contribution in [2.75, 3.05) is 37.0 Å². The number of hydrogen-bond acceptors (Lipinski definition) is 4. The van der Waals surface area contributed by atoms with Crippen LogP contribution >= 0.6 is 0 Å². The van der Waals surface area contributed by atoms with Crippen molar-refractivity contribution in [1.29, 1.82) is 0 Å². The molecule has 0 aliphatic carbocycles. The molecule has 1 unspecified atom stereocenters. The molecule has 0 radical (unpaired) electrons. The number of hydrogen-bond donors (Lipinski definition) is 2. The number of aryl methyl sites for hydroxylation is 1. The molecule has 3 rings (SSSR count). The molecule has 1 aliphatic rings. The van der Waals surface area contributed by atoms with Gasteiger partial charge in [0, 0.05) is 31.8 Å². The maximum absolute atomic E-state index is 11.7. The molecule has 0 aromatic heterocycles. The van der Waals surface area contributed by atoms with E-state index in [1.54, 1.807) is 12.1 Å². The Kier molecular flexibility index (Phi) is 5.76. The van der Waals surface area contributed by atoms with E-state index >= 15 is 0 Å². The number of nitrogens with one attached hydrogen (secondary N) is 1. The molecule has 1 aliphatic heterocycles. The SMILES string of the molecule is COCC(=O)Nc1ccc(N2CCC(c3cccc(C)c3)C2)cc1C(=O)O. The molecule has 2 aromatic rings. The second-order valence-electron chi connectivity index (χ2n) is 6.86. The van der Waals surface area contributed by atoms with Gasteiger partial charge >= 0.3 is 5.97 Å². The number of carbonyl (C=O) groups is 2. The predicted octanol–water partition coefficient (Wildman–Crippen LogP) is 3.27. The number of carboxylic acid groups (broad SMARTS) is 1. The van der Waals surface area contributed by atoms with Crippen LogP contribution in [0, 0.1) is 6.92 Å². The Morgan fingerprint density at radius 1 is 1.26 bits per heavy atom. The van der Waals surface area contributed by atoms with Gasteiger partial charge in [-0.2, -0.15) is 0 Å². The number of nitrogens with zero attached hydrogens (tertiary/aromatic N) is 1. The zero-order chi connectivity index (χ0) is 19.4. The Morgan fingerprint density at radius 3 is 2.78 bits per heavy atom. The Morgan fingerprint density at radius 2 is 2.07 bits per heavy atom. The van der Waals surface area contributed by atoms with E-state index < -0.39 is 5.97 Å². The Labute approximate surface area is 158 Å². The van der Waals surface area contributed by atoms with E-state index in [-0.39, 0.29) is 23.8 Å². The van der Waals surface area contributed by atoms with Crippen molar-refractivity contribution in [2.45, 2.75) is 19.3 Å². The number of rotatable bonds is 6. The maximum atomic E-state index is 11.7. The van der Waals surface area contributed by atoms with Crippen LogP contribution in [-0.4, -0.2) is 43.8 Å². The zero-order valence-electron chi connectivity index (χ0n) is 15.6. The van der Waals surface area contributed by atoms with Gasteiger partial charge in [-0.05, 0) is 37.1 Å². The van der Waals surface area contributed by atoms with Crippen molar-refractivity contribution in [1.82, 2.24) is 0 Å². The monoisotopic (exact) mass is 368 g/mol. The summed E-state index contributed by atoms with van der Waals surface area (Å²) in [6.45, 7) is 3.68. The van der Waals surface area contributed by atoms with E-state index in [0.29, 0.717) is 5.92 Å². The van der Waals surface area contributed by atoms with Crippen molar-refractivity contribution in [2.24, 2.45) is 0 Å². The lowest BCUT2D eigenvalue weighted by Crippen LogP contribution is -2.21. The Hall–Kier alpha value is -2.86. The highest BCUT2D eigenvalue weighted by Gasteiger charge is 2.25. The van der Waals surface area contributed by atoms with Gasteiger partial charge in [0.15, 0.2) is 0 Å². The summed E-state index contributed by atoms with van der Waals surface area (Å²) in [4.78, 5) is 25.6. The smallest absolute Gasteiger partial charge is 0.337 e. The average molecular weight is 368 g/mol. The van der Waals surface area contributed by atoms with Crippen LogP contribution in [0.15, 0.2) is 42.5 Å². The molecule has 2 N–H and O–H groups in total. The van der Waals surface area contributed by atoms with Gasteiger partial charge in [0.2, 0.25) is 5.91 Å². The molecule has 6 heteroatoms. The fraction of sp³-hybridized carbons (Fsp3) is 0.333. The van der Waals surface area contributed by atoms with Crippen LogP contribution in [-0.2, 0) is 9.53 Å². The van der Waals surface area contributed by atoms with Gasteiger partial charge in [0.05, 0.1) is 11.3 Å². The first-order valence-corrected chi connectivity index (χ1v) is 8.95. The number of ether oxygens (including phenoxy) is 1. The molecule has 27 heavy (non-hydrogen) atoms. The van der Waals surface area contributed by atoms with E-state index in [9.17, 15) is 14.7 Å². The van der Waals surface area contributed by atoms with Crippen molar-refractivity contribution < 1.29 is 19.4 Å². The third-order valence-electron chi connectivity index (χ3n) is 4.85. The normalized spacial score (nSPS) is 16.4. The van der Waals surface area contributed by atoms with E-state index in [1.165, 1.54) is 18.2 Å². The van der Waals surface area contributed by atoms with Gasteiger partial charge < -0.3 is 20.1 Å². The number of methoxy groups -OCH3 is 1. The van der Waals surface area contributed by atoms with Crippen molar-refractivity contribution in [3.05, 3.63) is 59.2 Å². The quantitative estimate of drug-likeness (QED) is 0.818. The van der Waals surface area contributed by atoms with Gasteiger partial charge in [-0.3, -0.25) is 4.79 Å². The highest BCUT2D eigenvalue weighted by atomic mass is 16.5. The molecule has 0 bridgehead atoms. The summed E-state index contributed by atoms with van der Waals surface area (Å²) < 4.78 is 4.78. The van der Waals surface area contributed by atoms with Crippen molar-refractivity contribution >= 4 is 23.3 Å². The van der Waals surface area contributed by atoms with Gasteiger partial charge in [-0.25, -0.2) is 4.79 Å². The number of carbonyl (C=O) groups excluding carboxylic acids is 1. The van der Waals surface area contributed by atoms with Crippen LogP contribution in [0.2, 0.25) is 0 Å². The van der Waals surface area contributed by atoms with E-state index in [1.807, 2.05) is 6.07 Å². The average Bonchev–Trinajstić information content (AvgIpc) is 3.12. The van der Waals surface area contributed by atoms with Crippen LogP contribution in [0.5, 0.6) is 0 Å². The molecule has 142 valence electrons. The molecule has 1 amide bonds. The van der Waals surface area contributed by atoms with E-state index in [0.717, 1.165) is 25.2 Å². The highest BCUT2D eigenvalue weighted by molar-refractivity contribution is 6.01. The third kappa shape index (κ3) is 4.46. The molecule has 0 spiro atoms. The molecular formula is C21H24N2O4. The number of amides is 1. The predicted molar refractivity (Wildman–Crippen MR) is 105 cm³/mol. The number of benzene rings is 2. The van der Waals surface area contributed by atoms with Gasteiger partial charge in [-0.15, -0.1) is 0 Å². The van der Waals surface area contributed by atoms with Crippen LogP contribution in [0.3, 0.4) is 0 Å². The number of carboxylic acids is 1. The molecule has 6 nitrogen and oxygen atoms in total. The van der Waals surface area contributed by atoms with E-state index in [2.05, 4.69) is 41.4 Å². The van der Waals surface area contributed by atoms with Gasteiger partial charge in [0.1, 0.15) is 6.61 Å². The van der Waals surface area contributed by atoms with Crippen molar-refractivity contribution in [3.8, 4) is 0 Å². The summed E-state index contributed by atoms with van der Waals surface area (Å²) in [5.74, 6) is -1.02. The summed E-state index contributed by atoms with van der Waals surface area (Å²) in [7, 11) is 1.42. The minimum atomic E-state index is -1.07. The molecule has 1 heterocycles. The first kappa shape index (κ1) is 18.9. The Bertz CT molecular complexity index is 850. The molecule has 1 fully saturated rings. The number of aromatic carboxylic acids is 1. The summed E-state index contributed by atoms with van der Waals surface area (Å²) in [6, 6.07) is 13.7. The minimum absolute atomic E-state index is 0.0796. The van der Waals surface area contributed by atoms with Crippen LogP contribution < -0.4 is 10.2 Å². The molecular weight excluding hydrogens is 344 g/mol. The Balaban J connectivity index is 1.78.